The van der Waals surface area contributed by atoms with Gasteiger partial charge in [0.1, 0.15) is 5.82 Å². The summed E-state index contributed by atoms with van der Waals surface area (Å²) in [4.78, 5) is 12.2. The summed E-state index contributed by atoms with van der Waals surface area (Å²) in [5.41, 5.74) is 1.45. The average molecular weight is 287 g/mol. The number of nitrogens with zero attached hydrogens (tertiary/aromatic N) is 1. The van der Waals surface area contributed by atoms with Crippen LogP contribution in [0.4, 0.5) is 10.1 Å². The minimum atomic E-state index is -0.429. The lowest BCUT2D eigenvalue weighted by atomic mass is 10.1. The molecule has 1 heterocycles. The van der Waals surface area contributed by atoms with E-state index in [2.05, 4.69) is 12.2 Å². The molecule has 0 unspecified atom stereocenters. The van der Waals surface area contributed by atoms with Crippen molar-refractivity contribution in [1.29, 1.82) is 0 Å². The number of nitrogens with one attached hydrogen (secondary N) is 1. The molecule has 110 valence electrons. The van der Waals surface area contributed by atoms with Crippen LogP contribution in [0.1, 0.15) is 31.9 Å². The molecule has 2 aromatic rings. The Balaban J connectivity index is 2.07. The SMILES string of the molecule is CCCc1cc[n+]([C@@H](C)C(=O)Nc2ccccc2F)cc1. The molecule has 21 heavy (non-hydrogen) atoms. The summed E-state index contributed by atoms with van der Waals surface area (Å²) in [5, 5.41) is 2.61. The molecule has 0 spiro atoms. The molecular formula is C17H20FN2O+. The maximum atomic E-state index is 13.5. The van der Waals surface area contributed by atoms with Gasteiger partial charge in [-0.05, 0) is 24.1 Å². The van der Waals surface area contributed by atoms with E-state index in [-0.39, 0.29) is 11.6 Å². The van der Waals surface area contributed by atoms with Crippen molar-refractivity contribution in [2.24, 2.45) is 0 Å². The number of anilines is 1. The van der Waals surface area contributed by atoms with E-state index >= 15 is 0 Å². The lowest BCUT2D eigenvalue weighted by Crippen LogP contribution is -2.44. The molecule has 4 heteroatoms. The molecule has 0 aliphatic heterocycles. The standard InChI is InChI=1S/C17H19FN2O/c1-3-6-14-9-11-20(12-10-14)13(2)17(21)19-16-8-5-4-7-15(16)18/h4-5,7-13H,3,6H2,1-2H3/p+1/t13-/m0/s1. The molecule has 1 amide bonds. The lowest BCUT2D eigenvalue weighted by Gasteiger charge is -2.09. The first kappa shape index (κ1) is 15.2. The number of benzene rings is 1. The fraction of sp³-hybridized carbons (Fsp3) is 0.294. The number of amides is 1. The third-order valence-corrected chi connectivity index (χ3v) is 3.42. The van der Waals surface area contributed by atoms with Gasteiger partial charge in [0, 0.05) is 19.1 Å². The summed E-state index contributed by atoms with van der Waals surface area (Å²) >= 11 is 0. The third-order valence-electron chi connectivity index (χ3n) is 3.42. The second-order valence-electron chi connectivity index (χ2n) is 5.05. The van der Waals surface area contributed by atoms with Crippen LogP contribution in [0.15, 0.2) is 48.8 Å². The molecule has 1 aromatic heterocycles. The van der Waals surface area contributed by atoms with Gasteiger partial charge in [-0.2, -0.15) is 4.57 Å². The van der Waals surface area contributed by atoms with E-state index < -0.39 is 11.9 Å². The highest BCUT2D eigenvalue weighted by Gasteiger charge is 2.22. The number of hydrogen-bond acceptors (Lipinski definition) is 1. The summed E-state index contributed by atoms with van der Waals surface area (Å²) in [6.07, 6.45) is 5.89. The van der Waals surface area contributed by atoms with Crippen molar-refractivity contribution in [1.82, 2.24) is 0 Å². The monoisotopic (exact) mass is 287 g/mol. The Hall–Kier alpha value is -2.23. The van der Waals surface area contributed by atoms with Crippen molar-refractivity contribution in [3.8, 4) is 0 Å². The Bertz CT molecular complexity index is 610. The van der Waals surface area contributed by atoms with Gasteiger partial charge in [0.25, 0.3) is 5.91 Å². The van der Waals surface area contributed by atoms with Crippen LogP contribution in [-0.2, 0) is 11.2 Å². The number of carbonyl (C=O) groups is 1. The van der Waals surface area contributed by atoms with Crippen molar-refractivity contribution in [3.63, 3.8) is 0 Å². The predicted octanol–water partition coefficient (Wildman–Crippen LogP) is 3.27. The minimum Gasteiger partial charge on any atom is -0.318 e. The maximum absolute atomic E-state index is 13.5. The topological polar surface area (TPSA) is 33.0 Å². The first-order valence-electron chi connectivity index (χ1n) is 7.17. The highest BCUT2D eigenvalue weighted by Crippen LogP contribution is 2.13. The molecule has 0 aliphatic rings. The summed E-state index contributed by atoms with van der Waals surface area (Å²) in [7, 11) is 0. The second kappa shape index (κ2) is 6.97. The Morgan fingerprint density at radius 2 is 1.90 bits per heavy atom. The van der Waals surface area contributed by atoms with Gasteiger partial charge in [-0.3, -0.25) is 4.79 Å². The van der Waals surface area contributed by atoms with Gasteiger partial charge in [-0.25, -0.2) is 4.39 Å². The van der Waals surface area contributed by atoms with Gasteiger partial charge in [-0.15, -0.1) is 0 Å². The van der Waals surface area contributed by atoms with Crippen LogP contribution >= 0.6 is 0 Å². The quantitative estimate of drug-likeness (QED) is 0.841. The van der Waals surface area contributed by atoms with Gasteiger partial charge in [0.05, 0.1) is 5.69 Å². The zero-order valence-electron chi connectivity index (χ0n) is 12.3. The lowest BCUT2D eigenvalue weighted by molar-refractivity contribution is -0.705. The van der Waals surface area contributed by atoms with E-state index in [1.807, 2.05) is 29.1 Å². The average Bonchev–Trinajstić information content (AvgIpc) is 2.50. The second-order valence-corrected chi connectivity index (χ2v) is 5.05. The minimum absolute atomic E-state index is 0.206. The van der Waals surface area contributed by atoms with Crippen LogP contribution in [0.2, 0.25) is 0 Å². The molecule has 0 saturated heterocycles. The fourth-order valence-corrected chi connectivity index (χ4v) is 2.12. The number of aromatic nitrogens is 1. The number of pyridine rings is 1. The number of hydrogen-bond donors (Lipinski definition) is 1. The number of carbonyl (C=O) groups excluding carboxylic acids is 1. The molecule has 0 fully saturated rings. The Morgan fingerprint density at radius 1 is 1.24 bits per heavy atom. The number of aryl methyl sites for hydroxylation is 1. The number of rotatable bonds is 5. The predicted molar refractivity (Wildman–Crippen MR) is 80.4 cm³/mol. The molecule has 1 atom stereocenters. The Labute approximate surface area is 124 Å². The van der Waals surface area contributed by atoms with Crippen LogP contribution in [0.5, 0.6) is 0 Å². The number of para-hydroxylation sites is 1. The Morgan fingerprint density at radius 3 is 2.52 bits per heavy atom. The molecule has 0 radical (unpaired) electrons. The van der Waals surface area contributed by atoms with E-state index in [1.165, 1.54) is 11.6 Å². The molecule has 2 rings (SSSR count). The smallest absolute Gasteiger partial charge is 0.293 e. The van der Waals surface area contributed by atoms with Crippen LogP contribution in [0, 0.1) is 5.82 Å². The van der Waals surface area contributed by atoms with E-state index in [9.17, 15) is 9.18 Å². The van der Waals surface area contributed by atoms with E-state index in [1.54, 1.807) is 25.1 Å². The Kier molecular flexibility index (Phi) is 5.04. The van der Waals surface area contributed by atoms with Gasteiger partial charge in [-0.1, -0.05) is 25.5 Å². The first-order chi connectivity index (χ1) is 10.1. The van der Waals surface area contributed by atoms with Crippen molar-refractivity contribution >= 4 is 11.6 Å². The summed E-state index contributed by atoms with van der Waals surface area (Å²) in [6, 6.07) is 9.78. The largest absolute Gasteiger partial charge is 0.318 e. The normalized spacial score (nSPS) is 12.0. The molecule has 1 aromatic carbocycles. The fourth-order valence-electron chi connectivity index (χ4n) is 2.12. The summed E-state index contributed by atoms with van der Waals surface area (Å²) in [6.45, 7) is 3.92. The zero-order valence-corrected chi connectivity index (χ0v) is 12.3. The maximum Gasteiger partial charge on any atom is 0.293 e. The van der Waals surface area contributed by atoms with Crippen LogP contribution < -0.4 is 9.88 Å². The summed E-state index contributed by atoms with van der Waals surface area (Å²) in [5.74, 6) is -0.672. The number of halogens is 1. The highest BCUT2D eigenvalue weighted by molar-refractivity contribution is 5.92. The zero-order chi connectivity index (χ0) is 15.2. The molecule has 0 aliphatic carbocycles. The van der Waals surface area contributed by atoms with Gasteiger partial charge < -0.3 is 5.32 Å². The van der Waals surface area contributed by atoms with Crippen molar-refractivity contribution in [3.05, 3.63) is 60.2 Å². The molecule has 1 N–H and O–H groups in total. The van der Waals surface area contributed by atoms with Gasteiger partial charge in [0.15, 0.2) is 12.4 Å². The van der Waals surface area contributed by atoms with Crippen molar-refractivity contribution in [2.45, 2.75) is 32.7 Å². The van der Waals surface area contributed by atoms with Crippen LogP contribution in [0.25, 0.3) is 0 Å². The summed E-state index contributed by atoms with van der Waals surface area (Å²) < 4.78 is 15.3. The molecule has 0 bridgehead atoms. The van der Waals surface area contributed by atoms with Crippen molar-refractivity contribution < 1.29 is 13.8 Å². The molecule has 0 saturated carbocycles. The third kappa shape index (κ3) is 3.88. The van der Waals surface area contributed by atoms with Crippen LogP contribution in [0.3, 0.4) is 0 Å². The van der Waals surface area contributed by atoms with E-state index in [0.29, 0.717) is 0 Å². The van der Waals surface area contributed by atoms with Gasteiger partial charge in [0.2, 0.25) is 6.04 Å². The van der Waals surface area contributed by atoms with Gasteiger partial charge >= 0.3 is 0 Å². The first-order valence-corrected chi connectivity index (χ1v) is 7.17. The van der Waals surface area contributed by atoms with E-state index in [4.69, 9.17) is 0 Å². The van der Waals surface area contributed by atoms with E-state index in [0.717, 1.165) is 12.8 Å². The molecule has 3 nitrogen and oxygen atoms in total. The van der Waals surface area contributed by atoms with Crippen molar-refractivity contribution in [2.75, 3.05) is 5.32 Å². The van der Waals surface area contributed by atoms with Crippen LogP contribution in [-0.4, -0.2) is 5.91 Å². The highest BCUT2D eigenvalue weighted by atomic mass is 19.1. The molecular weight excluding hydrogens is 267 g/mol.